The molecule has 0 heterocycles. The van der Waals surface area contributed by atoms with E-state index >= 15 is 0 Å². The Morgan fingerprint density at radius 1 is 1.40 bits per heavy atom. The summed E-state index contributed by atoms with van der Waals surface area (Å²) >= 11 is 5.73. The first-order valence-corrected chi connectivity index (χ1v) is 5.28. The predicted octanol–water partition coefficient (Wildman–Crippen LogP) is 2.77. The number of unbranched alkanes of at least 4 members (excludes halogenated alkanes) is 1. The van der Waals surface area contributed by atoms with Crippen molar-refractivity contribution < 1.29 is 9.13 Å². The molecule has 4 heteroatoms. The maximum atomic E-state index is 13.5. The molecule has 1 rings (SSSR count). The van der Waals surface area contributed by atoms with Crippen LogP contribution in [0.5, 0.6) is 5.75 Å². The first-order chi connectivity index (χ1) is 7.19. The number of halogens is 2. The van der Waals surface area contributed by atoms with Gasteiger partial charge in [0.2, 0.25) is 0 Å². The van der Waals surface area contributed by atoms with Crippen LogP contribution in [0.4, 0.5) is 4.39 Å². The van der Waals surface area contributed by atoms with Gasteiger partial charge in [0, 0.05) is 6.07 Å². The molecule has 2 nitrogen and oxygen atoms in total. The second-order valence-corrected chi connectivity index (χ2v) is 3.74. The fraction of sp³-hybridized carbons (Fsp3) is 0.455. The van der Waals surface area contributed by atoms with Gasteiger partial charge in [-0.1, -0.05) is 11.6 Å². The van der Waals surface area contributed by atoms with Crippen LogP contribution in [-0.2, 0) is 6.42 Å². The highest BCUT2D eigenvalue weighted by Gasteiger charge is 2.09. The molecule has 0 atom stereocenters. The molecule has 84 valence electrons. The molecule has 0 aliphatic heterocycles. The van der Waals surface area contributed by atoms with Gasteiger partial charge in [-0.15, -0.1) is 0 Å². The third-order valence-electron chi connectivity index (χ3n) is 2.21. The molecule has 0 fully saturated rings. The lowest BCUT2D eigenvalue weighted by molar-refractivity contribution is 0.412. The lowest BCUT2D eigenvalue weighted by Gasteiger charge is -2.07. The Balaban J connectivity index is 2.80. The van der Waals surface area contributed by atoms with Gasteiger partial charge >= 0.3 is 0 Å². The molecular formula is C11H15ClFNO. The third-order valence-corrected chi connectivity index (χ3v) is 2.49. The van der Waals surface area contributed by atoms with Gasteiger partial charge in [0.1, 0.15) is 11.6 Å². The summed E-state index contributed by atoms with van der Waals surface area (Å²) in [5.74, 6) is 0.235. The largest absolute Gasteiger partial charge is 0.497 e. The number of nitrogens with two attached hydrogens (primary N) is 1. The first kappa shape index (κ1) is 12.3. The molecule has 0 bridgehead atoms. The molecule has 0 saturated heterocycles. The lowest BCUT2D eigenvalue weighted by Crippen LogP contribution is -2.00. The van der Waals surface area contributed by atoms with Crippen LogP contribution in [0.3, 0.4) is 0 Å². The van der Waals surface area contributed by atoms with E-state index in [0.29, 0.717) is 24.3 Å². The molecule has 0 amide bonds. The summed E-state index contributed by atoms with van der Waals surface area (Å²) in [7, 11) is 1.53. The molecule has 15 heavy (non-hydrogen) atoms. The molecule has 1 aromatic carbocycles. The van der Waals surface area contributed by atoms with E-state index in [4.69, 9.17) is 22.1 Å². The molecule has 0 aliphatic carbocycles. The summed E-state index contributed by atoms with van der Waals surface area (Å²) in [6.07, 6.45) is 2.38. The summed E-state index contributed by atoms with van der Waals surface area (Å²) < 4.78 is 18.5. The van der Waals surface area contributed by atoms with E-state index < -0.39 is 0 Å². The minimum atomic E-state index is -0.352. The van der Waals surface area contributed by atoms with Crippen molar-refractivity contribution in [3.63, 3.8) is 0 Å². The van der Waals surface area contributed by atoms with Gasteiger partial charge in [-0.05, 0) is 37.4 Å². The molecule has 0 radical (unpaired) electrons. The van der Waals surface area contributed by atoms with Gasteiger partial charge in [-0.2, -0.15) is 0 Å². The Hall–Kier alpha value is -0.800. The average Bonchev–Trinajstić information content (AvgIpc) is 2.24. The van der Waals surface area contributed by atoms with Gasteiger partial charge in [-0.3, -0.25) is 0 Å². The van der Waals surface area contributed by atoms with Crippen molar-refractivity contribution in [3.8, 4) is 5.75 Å². The SMILES string of the molecule is COc1cc(Cl)c(F)c(CCCCN)c1. The number of hydrogen-bond acceptors (Lipinski definition) is 2. The lowest BCUT2D eigenvalue weighted by atomic mass is 10.1. The van der Waals surface area contributed by atoms with Crippen LogP contribution >= 0.6 is 11.6 Å². The van der Waals surface area contributed by atoms with Crippen LogP contribution in [0.2, 0.25) is 5.02 Å². The number of benzene rings is 1. The molecule has 2 N–H and O–H groups in total. The van der Waals surface area contributed by atoms with Crippen LogP contribution < -0.4 is 10.5 Å². The van der Waals surface area contributed by atoms with E-state index in [0.717, 1.165) is 12.8 Å². The van der Waals surface area contributed by atoms with Crippen LogP contribution in [0.15, 0.2) is 12.1 Å². The molecule has 0 saturated carbocycles. The van der Waals surface area contributed by atoms with Crippen molar-refractivity contribution in [1.82, 2.24) is 0 Å². The zero-order valence-corrected chi connectivity index (χ0v) is 9.48. The van der Waals surface area contributed by atoms with E-state index in [1.165, 1.54) is 13.2 Å². The number of methoxy groups -OCH3 is 1. The minimum absolute atomic E-state index is 0.108. The second kappa shape index (κ2) is 5.93. The Kier molecular flexibility index (Phi) is 4.85. The van der Waals surface area contributed by atoms with Gasteiger partial charge in [0.05, 0.1) is 12.1 Å². The maximum absolute atomic E-state index is 13.5. The highest BCUT2D eigenvalue weighted by Crippen LogP contribution is 2.26. The van der Waals surface area contributed by atoms with E-state index in [9.17, 15) is 4.39 Å². The summed E-state index contributed by atoms with van der Waals surface area (Å²) in [6, 6.07) is 3.15. The third kappa shape index (κ3) is 3.36. The molecule has 0 aromatic heterocycles. The van der Waals surface area contributed by atoms with Gasteiger partial charge in [0.25, 0.3) is 0 Å². The number of rotatable bonds is 5. The molecule has 0 unspecified atom stereocenters. The van der Waals surface area contributed by atoms with E-state index in [1.807, 2.05) is 0 Å². The number of ether oxygens (including phenoxy) is 1. The van der Waals surface area contributed by atoms with Crippen molar-refractivity contribution in [3.05, 3.63) is 28.5 Å². The monoisotopic (exact) mass is 231 g/mol. The van der Waals surface area contributed by atoms with Crippen molar-refractivity contribution >= 4 is 11.6 Å². The normalized spacial score (nSPS) is 10.4. The Labute approximate surface area is 94.2 Å². The van der Waals surface area contributed by atoms with Gasteiger partial charge < -0.3 is 10.5 Å². The highest BCUT2D eigenvalue weighted by atomic mass is 35.5. The summed E-state index contributed by atoms with van der Waals surface area (Å²) in [6.45, 7) is 0.624. The Bertz CT molecular complexity index is 331. The van der Waals surface area contributed by atoms with Crippen LogP contribution in [0.25, 0.3) is 0 Å². The molecule has 1 aromatic rings. The van der Waals surface area contributed by atoms with Gasteiger partial charge in [-0.25, -0.2) is 4.39 Å². The quantitative estimate of drug-likeness (QED) is 0.791. The standard InChI is InChI=1S/C11H15ClFNO/c1-15-9-6-8(4-2-3-5-14)11(13)10(12)7-9/h6-7H,2-5,14H2,1H3. The van der Waals surface area contributed by atoms with E-state index in [1.54, 1.807) is 6.07 Å². The van der Waals surface area contributed by atoms with E-state index in [-0.39, 0.29) is 10.8 Å². The van der Waals surface area contributed by atoms with Gasteiger partial charge in [0.15, 0.2) is 0 Å². The Morgan fingerprint density at radius 3 is 2.73 bits per heavy atom. The summed E-state index contributed by atoms with van der Waals surface area (Å²) in [4.78, 5) is 0. The zero-order chi connectivity index (χ0) is 11.3. The molecule has 0 aliphatic rings. The fourth-order valence-electron chi connectivity index (χ4n) is 1.38. The second-order valence-electron chi connectivity index (χ2n) is 3.33. The predicted molar refractivity (Wildman–Crippen MR) is 60.0 cm³/mol. The smallest absolute Gasteiger partial charge is 0.145 e. The van der Waals surface area contributed by atoms with Crippen LogP contribution in [0, 0.1) is 5.82 Å². The van der Waals surface area contributed by atoms with E-state index in [2.05, 4.69) is 0 Å². The zero-order valence-electron chi connectivity index (χ0n) is 8.72. The fourth-order valence-corrected chi connectivity index (χ4v) is 1.61. The van der Waals surface area contributed by atoms with Crippen LogP contribution in [-0.4, -0.2) is 13.7 Å². The van der Waals surface area contributed by atoms with Crippen molar-refractivity contribution in [2.24, 2.45) is 5.73 Å². The minimum Gasteiger partial charge on any atom is -0.497 e. The van der Waals surface area contributed by atoms with Crippen LogP contribution in [0.1, 0.15) is 18.4 Å². The molecular weight excluding hydrogens is 217 g/mol. The summed E-state index contributed by atoms with van der Waals surface area (Å²) in [5, 5.41) is 0.108. The van der Waals surface area contributed by atoms with Crippen molar-refractivity contribution in [2.45, 2.75) is 19.3 Å². The highest BCUT2D eigenvalue weighted by molar-refractivity contribution is 6.30. The summed E-state index contributed by atoms with van der Waals surface area (Å²) in [5.41, 5.74) is 5.96. The average molecular weight is 232 g/mol. The Morgan fingerprint density at radius 2 is 2.13 bits per heavy atom. The number of aryl methyl sites for hydroxylation is 1. The topological polar surface area (TPSA) is 35.2 Å². The van der Waals surface area contributed by atoms with Crippen molar-refractivity contribution in [1.29, 1.82) is 0 Å². The maximum Gasteiger partial charge on any atom is 0.145 e. The molecule has 0 spiro atoms. The number of hydrogen-bond donors (Lipinski definition) is 1. The van der Waals surface area contributed by atoms with Crippen molar-refractivity contribution in [2.75, 3.05) is 13.7 Å². The first-order valence-electron chi connectivity index (χ1n) is 4.91.